The lowest BCUT2D eigenvalue weighted by Crippen LogP contribution is -2.44. The second kappa shape index (κ2) is 8.15. The third-order valence-electron chi connectivity index (χ3n) is 4.51. The zero-order valence-corrected chi connectivity index (χ0v) is 16.7. The summed E-state index contributed by atoms with van der Waals surface area (Å²) in [4.78, 5) is 1.39. The van der Waals surface area contributed by atoms with E-state index < -0.39 is 27.9 Å². The molecule has 1 unspecified atom stereocenters. The summed E-state index contributed by atoms with van der Waals surface area (Å²) in [5, 5.41) is 7.98. The highest BCUT2D eigenvalue weighted by atomic mass is 32.2. The van der Waals surface area contributed by atoms with Crippen molar-refractivity contribution in [1.29, 1.82) is 0 Å². The van der Waals surface area contributed by atoms with Crippen LogP contribution in [0.2, 0.25) is 0 Å². The Bertz CT molecular complexity index is 950. The van der Waals surface area contributed by atoms with Gasteiger partial charge in [-0.15, -0.1) is 10.2 Å². The number of nitrogens with zero attached hydrogens (tertiary/aromatic N) is 4. The molecule has 0 saturated carbocycles. The number of hydrogen-bond donors (Lipinski definition) is 0. The number of sulfonamides is 1. The van der Waals surface area contributed by atoms with Crippen LogP contribution in [0.15, 0.2) is 41.3 Å². The summed E-state index contributed by atoms with van der Waals surface area (Å²) in [6, 6.07) is 7.13. The van der Waals surface area contributed by atoms with Crippen LogP contribution in [-0.2, 0) is 16.2 Å². The zero-order chi connectivity index (χ0) is 21.2. The van der Waals surface area contributed by atoms with Crippen molar-refractivity contribution < 1.29 is 26.3 Å². The van der Waals surface area contributed by atoms with E-state index in [4.69, 9.17) is 4.74 Å². The number of benzene rings is 1. The maximum absolute atomic E-state index is 12.9. The zero-order valence-electron chi connectivity index (χ0n) is 15.9. The topological polar surface area (TPSA) is 75.6 Å². The van der Waals surface area contributed by atoms with Gasteiger partial charge in [-0.1, -0.05) is 6.07 Å². The number of rotatable bonds is 5. The standard InChI is InChI=1S/C18H21F3N4O3S/c1-24(2)16-8-9-17(23-22-16)28-14-6-4-10-25(12-14)29(26,27)15-7-3-5-13(11-15)18(19,20)21/h3,5,7-9,11,14H,4,6,10,12H2,1-2H3. The van der Waals surface area contributed by atoms with E-state index in [1.54, 1.807) is 17.0 Å². The van der Waals surface area contributed by atoms with Gasteiger partial charge in [-0.05, 0) is 37.1 Å². The van der Waals surface area contributed by atoms with E-state index in [-0.39, 0.29) is 23.9 Å². The molecule has 29 heavy (non-hydrogen) atoms. The fourth-order valence-electron chi connectivity index (χ4n) is 2.99. The summed E-state index contributed by atoms with van der Waals surface area (Å²) in [6.07, 6.45) is -3.96. The molecule has 0 N–H and O–H groups in total. The molecule has 1 fully saturated rings. The van der Waals surface area contributed by atoms with Crippen molar-refractivity contribution in [3.8, 4) is 5.88 Å². The van der Waals surface area contributed by atoms with Gasteiger partial charge >= 0.3 is 6.18 Å². The molecule has 2 heterocycles. The van der Waals surface area contributed by atoms with E-state index in [9.17, 15) is 21.6 Å². The van der Waals surface area contributed by atoms with Crippen molar-refractivity contribution in [2.45, 2.75) is 30.0 Å². The summed E-state index contributed by atoms with van der Waals surface area (Å²) < 4.78 is 71.4. The second-order valence-corrected chi connectivity index (χ2v) is 8.83. The van der Waals surface area contributed by atoms with Crippen LogP contribution in [0.5, 0.6) is 5.88 Å². The minimum Gasteiger partial charge on any atom is -0.472 e. The first-order valence-corrected chi connectivity index (χ1v) is 10.4. The molecule has 0 aliphatic carbocycles. The van der Waals surface area contributed by atoms with Crippen molar-refractivity contribution in [3.05, 3.63) is 42.0 Å². The Kier molecular flexibility index (Phi) is 5.99. The van der Waals surface area contributed by atoms with Crippen molar-refractivity contribution in [1.82, 2.24) is 14.5 Å². The molecule has 1 aromatic carbocycles. The molecule has 1 aromatic heterocycles. The van der Waals surface area contributed by atoms with E-state index in [1.165, 1.54) is 6.07 Å². The van der Waals surface area contributed by atoms with Crippen LogP contribution in [0, 0.1) is 0 Å². The van der Waals surface area contributed by atoms with Crippen molar-refractivity contribution in [3.63, 3.8) is 0 Å². The number of ether oxygens (including phenoxy) is 1. The maximum atomic E-state index is 12.9. The SMILES string of the molecule is CN(C)c1ccc(OC2CCCN(S(=O)(=O)c3cccc(C(F)(F)F)c3)C2)nn1. The molecule has 1 aliphatic rings. The van der Waals surface area contributed by atoms with Gasteiger partial charge < -0.3 is 9.64 Å². The summed E-state index contributed by atoms with van der Waals surface area (Å²) >= 11 is 0. The van der Waals surface area contributed by atoms with Crippen LogP contribution < -0.4 is 9.64 Å². The highest BCUT2D eigenvalue weighted by Crippen LogP contribution is 2.31. The number of hydrogen-bond acceptors (Lipinski definition) is 6. The Morgan fingerprint density at radius 1 is 1.17 bits per heavy atom. The third kappa shape index (κ3) is 4.96. The Morgan fingerprint density at radius 3 is 2.55 bits per heavy atom. The lowest BCUT2D eigenvalue weighted by Gasteiger charge is -2.31. The highest BCUT2D eigenvalue weighted by Gasteiger charge is 2.35. The molecule has 0 bridgehead atoms. The van der Waals surface area contributed by atoms with Crippen LogP contribution >= 0.6 is 0 Å². The molecule has 11 heteroatoms. The van der Waals surface area contributed by atoms with E-state index in [2.05, 4.69) is 10.2 Å². The van der Waals surface area contributed by atoms with E-state index in [0.29, 0.717) is 24.7 Å². The monoisotopic (exact) mass is 430 g/mol. The first-order valence-electron chi connectivity index (χ1n) is 8.92. The van der Waals surface area contributed by atoms with E-state index >= 15 is 0 Å². The molecule has 3 rings (SSSR count). The lowest BCUT2D eigenvalue weighted by molar-refractivity contribution is -0.137. The normalized spacial score (nSPS) is 18.4. The largest absolute Gasteiger partial charge is 0.472 e. The molecular weight excluding hydrogens is 409 g/mol. The number of anilines is 1. The van der Waals surface area contributed by atoms with Gasteiger partial charge in [-0.2, -0.15) is 17.5 Å². The molecule has 0 radical (unpaired) electrons. The van der Waals surface area contributed by atoms with Gasteiger partial charge in [0.2, 0.25) is 15.9 Å². The highest BCUT2D eigenvalue weighted by molar-refractivity contribution is 7.89. The fraction of sp³-hybridized carbons (Fsp3) is 0.444. The summed E-state index contributed by atoms with van der Waals surface area (Å²) in [6.45, 7) is 0.235. The van der Waals surface area contributed by atoms with Crippen molar-refractivity contribution >= 4 is 15.8 Å². The van der Waals surface area contributed by atoms with Gasteiger partial charge in [0, 0.05) is 26.7 Å². The molecule has 7 nitrogen and oxygen atoms in total. The summed E-state index contributed by atoms with van der Waals surface area (Å²) in [5.74, 6) is 0.911. The fourth-order valence-corrected chi connectivity index (χ4v) is 4.54. The number of halogens is 3. The minimum atomic E-state index is -4.61. The predicted octanol–water partition coefficient (Wildman–Crippen LogP) is 2.79. The molecule has 1 aliphatic heterocycles. The van der Waals surface area contributed by atoms with Gasteiger partial charge in [0.15, 0.2) is 5.82 Å². The Morgan fingerprint density at radius 2 is 1.93 bits per heavy atom. The molecule has 1 saturated heterocycles. The quantitative estimate of drug-likeness (QED) is 0.726. The van der Waals surface area contributed by atoms with Crippen molar-refractivity contribution in [2.75, 3.05) is 32.1 Å². The first kappa shape index (κ1) is 21.3. The Hall–Kier alpha value is -2.40. The average Bonchev–Trinajstić information content (AvgIpc) is 2.68. The summed E-state index contributed by atoms with van der Waals surface area (Å²) in [5.41, 5.74) is -1.00. The van der Waals surface area contributed by atoms with Gasteiger partial charge in [0.05, 0.1) is 17.0 Å². The van der Waals surface area contributed by atoms with E-state index in [1.807, 2.05) is 14.1 Å². The smallest absolute Gasteiger partial charge is 0.416 e. The molecule has 2 aromatic rings. The molecule has 0 spiro atoms. The third-order valence-corrected chi connectivity index (χ3v) is 6.37. The van der Waals surface area contributed by atoms with Gasteiger partial charge in [0.1, 0.15) is 6.10 Å². The average molecular weight is 430 g/mol. The molecular formula is C18H21F3N4O3S. The first-order chi connectivity index (χ1) is 13.6. The van der Waals surface area contributed by atoms with E-state index in [0.717, 1.165) is 16.4 Å². The number of piperidine rings is 1. The van der Waals surface area contributed by atoms with Crippen LogP contribution in [0.3, 0.4) is 0 Å². The number of alkyl halides is 3. The molecule has 1 atom stereocenters. The van der Waals surface area contributed by atoms with Gasteiger partial charge in [-0.3, -0.25) is 0 Å². The van der Waals surface area contributed by atoms with Gasteiger partial charge in [-0.25, -0.2) is 8.42 Å². The summed E-state index contributed by atoms with van der Waals surface area (Å²) in [7, 11) is -0.434. The molecule has 158 valence electrons. The van der Waals surface area contributed by atoms with Crippen molar-refractivity contribution in [2.24, 2.45) is 0 Å². The maximum Gasteiger partial charge on any atom is 0.416 e. The number of aromatic nitrogens is 2. The van der Waals surface area contributed by atoms with Crippen LogP contribution in [0.4, 0.5) is 19.0 Å². The Labute approximate surface area is 167 Å². The minimum absolute atomic E-state index is 0.0235. The van der Waals surface area contributed by atoms with Crippen LogP contribution in [0.1, 0.15) is 18.4 Å². The Balaban J connectivity index is 1.74. The lowest BCUT2D eigenvalue weighted by atomic mass is 10.1. The second-order valence-electron chi connectivity index (χ2n) is 6.89. The predicted molar refractivity (Wildman–Crippen MR) is 100 cm³/mol. The van der Waals surface area contributed by atoms with Crippen LogP contribution in [0.25, 0.3) is 0 Å². The molecule has 0 amide bonds. The van der Waals surface area contributed by atoms with Gasteiger partial charge in [0.25, 0.3) is 0 Å². The van der Waals surface area contributed by atoms with Crippen LogP contribution in [-0.4, -0.2) is 56.2 Å².